The predicted octanol–water partition coefficient (Wildman–Crippen LogP) is 5.35. The Balaban J connectivity index is 1.56. The number of nitrogens with zero attached hydrogens (tertiary/aromatic N) is 4. The molecule has 0 fully saturated rings. The Labute approximate surface area is 199 Å². The van der Waals surface area contributed by atoms with E-state index in [1.807, 2.05) is 38.2 Å². The molecule has 0 bridgehead atoms. The van der Waals surface area contributed by atoms with Crippen LogP contribution in [0.15, 0.2) is 36.8 Å². The minimum absolute atomic E-state index is 0.230. The van der Waals surface area contributed by atoms with Gasteiger partial charge in [-0.2, -0.15) is 10.1 Å². The molecule has 9 nitrogen and oxygen atoms in total. The van der Waals surface area contributed by atoms with Crippen LogP contribution in [0, 0.1) is 6.92 Å². The average Bonchev–Trinajstić information content (AvgIpc) is 3.39. The molecule has 3 heterocycles. The molecule has 2 aromatic heterocycles. The lowest BCUT2D eigenvalue weighted by atomic mass is 10.1. The van der Waals surface area contributed by atoms with Gasteiger partial charge in [-0.25, -0.2) is 14.5 Å². The van der Waals surface area contributed by atoms with Crippen LogP contribution < -0.4 is 14.8 Å². The third-order valence-electron chi connectivity index (χ3n) is 5.53. The lowest BCUT2D eigenvalue weighted by Gasteiger charge is -2.22. The number of aromatic nitrogens is 4. The highest BCUT2D eigenvalue weighted by Gasteiger charge is 2.36. The number of aryl methyl sites for hydroxylation is 1. The zero-order valence-corrected chi connectivity index (χ0v) is 20.1. The summed E-state index contributed by atoms with van der Waals surface area (Å²) < 4.78 is 19.0. The standard InChI is InChI=1S/C25H31N5O4/c1-5-7-8-9-12-25(4)33-20-11-10-18(13-21(20)34-25)28-22-19(23(31)32-6-2)15-26-24(29-22)30-16-17(3)14-27-30/h10-11,13-16H,5-9,12H2,1-4H3,(H,26,28,29). The number of rotatable bonds is 10. The quantitative estimate of drug-likeness (QED) is 0.316. The van der Waals surface area contributed by atoms with Gasteiger partial charge in [0.2, 0.25) is 5.79 Å². The highest BCUT2D eigenvalue weighted by molar-refractivity contribution is 5.95. The first-order valence-corrected chi connectivity index (χ1v) is 11.8. The van der Waals surface area contributed by atoms with Gasteiger partial charge in [0.05, 0.1) is 12.8 Å². The summed E-state index contributed by atoms with van der Waals surface area (Å²) in [5.74, 6) is 0.822. The van der Waals surface area contributed by atoms with Crippen molar-refractivity contribution in [3.05, 3.63) is 47.9 Å². The van der Waals surface area contributed by atoms with Crippen LogP contribution in [0.4, 0.5) is 11.5 Å². The molecular weight excluding hydrogens is 434 g/mol. The topological polar surface area (TPSA) is 100 Å². The SMILES string of the molecule is CCCCCCC1(C)Oc2ccc(Nc3nc(-n4cc(C)cn4)ncc3C(=O)OCC)cc2O1. The smallest absolute Gasteiger partial charge is 0.343 e. The van der Waals surface area contributed by atoms with Crippen molar-refractivity contribution in [2.24, 2.45) is 0 Å². The van der Waals surface area contributed by atoms with Gasteiger partial charge in [0.1, 0.15) is 5.56 Å². The van der Waals surface area contributed by atoms with Gasteiger partial charge in [0.15, 0.2) is 17.3 Å². The molecule has 180 valence electrons. The maximum absolute atomic E-state index is 12.5. The van der Waals surface area contributed by atoms with Crippen molar-refractivity contribution in [2.75, 3.05) is 11.9 Å². The second-order valence-electron chi connectivity index (χ2n) is 8.55. The number of carbonyl (C=O) groups is 1. The van der Waals surface area contributed by atoms with Gasteiger partial charge in [0, 0.05) is 37.5 Å². The van der Waals surface area contributed by atoms with Gasteiger partial charge in [-0.05, 0) is 38.0 Å². The van der Waals surface area contributed by atoms with Crippen molar-refractivity contribution in [2.45, 2.75) is 65.6 Å². The van der Waals surface area contributed by atoms with Crippen molar-refractivity contribution in [3.63, 3.8) is 0 Å². The van der Waals surface area contributed by atoms with E-state index in [0.29, 0.717) is 29.0 Å². The summed E-state index contributed by atoms with van der Waals surface area (Å²) >= 11 is 0. The molecule has 1 unspecified atom stereocenters. The second kappa shape index (κ2) is 10.1. The molecule has 0 spiro atoms. The first-order valence-electron chi connectivity index (χ1n) is 11.8. The average molecular weight is 466 g/mol. The van der Waals surface area contributed by atoms with E-state index in [0.717, 1.165) is 24.8 Å². The largest absolute Gasteiger partial charge is 0.462 e. The van der Waals surface area contributed by atoms with Crippen LogP contribution in [0.25, 0.3) is 5.95 Å². The van der Waals surface area contributed by atoms with Crippen LogP contribution >= 0.6 is 0 Å². The molecular formula is C25H31N5O4. The monoisotopic (exact) mass is 465 g/mol. The van der Waals surface area contributed by atoms with Gasteiger partial charge < -0.3 is 19.5 Å². The summed E-state index contributed by atoms with van der Waals surface area (Å²) in [6, 6.07) is 5.57. The van der Waals surface area contributed by atoms with Crippen molar-refractivity contribution in [1.29, 1.82) is 0 Å². The van der Waals surface area contributed by atoms with E-state index in [1.165, 1.54) is 19.0 Å². The number of benzene rings is 1. The molecule has 4 rings (SSSR count). The van der Waals surface area contributed by atoms with Crippen LogP contribution in [0.2, 0.25) is 0 Å². The molecule has 0 radical (unpaired) electrons. The van der Waals surface area contributed by atoms with E-state index < -0.39 is 11.8 Å². The number of hydrogen-bond acceptors (Lipinski definition) is 8. The van der Waals surface area contributed by atoms with Crippen LogP contribution in [-0.2, 0) is 4.74 Å². The van der Waals surface area contributed by atoms with E-state index in [1.54, 1.807) is 17.8 Å². The molecule has 9 heteroatoms. The Morgan fingerprint density at radius 1 is 1.15 bits per heavy atom. The fraction of sp³-hybridized carbons (Fsp3) is 0.440. The Kier molecular flexibility index (Phi) is 7.00. The normalized spacial score (nSPS) is 16.5. The predicted molar refractivity (Wildman–Crippen MR) is 128 cm³/mol. The van der Waals surface area contributed by atoms with Crippen molar-refractivity contribution < 1.29 is 19.0 Å². The number of anilines is 2. The number of hydrogen-bond donors (Lipinski definition) is 1. The minimum atomic E-state index is -0.676. The van der Waals surface area contributed by atoms with Gasteiger partial charge in [-0.3, -0.25) is 0 Å². The van der Waals surface area contributed by atoms with E-state index in [9.17, 15) is 4.79 Å². The summed E-state index contributed by atoms with van der Waals surface area (Å²) in [4.78, 5) is 21.3. The number of fused-ring (bicyclic) bond motifs is 1. The molecule has 1 aliphatic heterocycles. The number of unbranched alkanes of at least 4 members (excludes halogenated alkanes) is 3. The van der Waals surface area contributed by atoms with Crippen LogP contribution in [-0.4, -0.2) is 38.1 Å². The van der Waals surface area contributed by atoms with E-state index in [-0.39, 0.29) is 12.2 Å². The Morgan fingerprint density at radius 3 is 2.71 bits per heavy atom. The summed E-state index contributed by atoms with van der Waals surface area (Å²) in [5.41, 5.74) is 1.90. The lowest BCUT2D eigenvalue weighted by molar-refractivity contribution is -0.0696. The van der Waals surface area contributed by atoms with Crippen LogP contribution in [0.5, 0.6) is 11.5 Å². The first-order chi connectivity index (χ1) is 16.4. The number of esters is 1. The van der Waals surface area contributed by atoms with Crippen molar-refractivity contribution in [1.82, 2.24) is 19.7 Å². The highest BCUT2D eigenvalue weighted by Crippen LogP contribution is 2.43. The van der Waals surface area contributed by atoms with Gasteiger partial charge in [-0.1, -0.05) is 26.2 Å². The Bertz CT molecular complexity index is 1160. The Hall–Kier alpha value is -3.62. The molecule has 34 heavy (non-hydrogen) atoms. The molecule has 1 N–H and O–H groups in total. The van der Waals surface area contributed by atoms with Gasteiger partial charge in [0.25, 0.3) is 5.95 Å². The van der Waals surface area contributed by atoms with E-state index in [2.05, 4.69) is 27.3 Å². The molecule has 1 aromatic carbocycles. The fourth-order valence-corrected chi connectivity index (χ4v) is 3.81. The summed E-state index contributed by atoms with van der Waals surface area (Å²) in [5, 5.41) is 7.47. The summed E-state index contributed by atoms with van der Waals surface area (Å²) in [6.45, 7) is 8.09. The van der Waals surface area contributed by atoms with E-state index in [4.69, 9.17) is 14.2 Å². The maximum Gasteiger partial charge on any atom is 0.343 e. The molecule has 0 saturated carbocycles. The molecule has 0 aliphatic carbocycles. The second-order valence-corrected chi connectivity index (χ2v) is 8.55. The minimum Gasteiger partial charge on any atom is -0.462 e. The number of carbonyl (C=O) groups excluding carboxylic acids is 1. The van der Waals surface area contributed by atoms with Crippen molar-refractivity contribution in [3.8, 4) is 17.4 Å². The number of ether oxygens (including phenoxy) is 3. The summed E-state index contributed by atoms with van der Waals surface area (Å²) in [7, 11) is 0. The lowest BCUT2D eigenvalue weighted by Crippen LogP contribution is -2.34. The molecule has 1 atom stereocenters. The molecule has 0 amide bonds. The zero-order valence-electron chi connectivity index (χ0n) is 20.1. The first kappa shape index (κ1) is 23.5. The van der Waals surface area contributed by atoms with Crippen LogP contribution in [0.1, 0.15) is 68.8 Å². The zero-order chi connectivity index (χ0) is 24.1. The van der Waals surface area contributed by atoms with Gasteiger partial charge >= 0.3 is 5.97 Å². The van der Waals surface area contributed by atoms with Crippen LogP contribution in [0.3, 0.4) is 0 Å². The molecule has 1 aliphatic rings. The van der Waals surface area contributed by atoms with E-state index >= 15 is 0 Å². The maximum atomic E-state index is 12.5. The highest BCUT2D eigenvalue weighted by atomic mass is 16.7. The molecule has 0 saturated heterocycles. The Morgan fingerprint density at radius 2 is 1.97 bits per heavy atom. The third kappa shape index (κ3) is 5.30. The number of nitrogens with one attached hydrogen (secondary N) is 1. The summed E-state index contributed by atoms with van der Waals surface area (Å²) in [6.07, 6.45) is 10.4. The third-order valence-corrected chi connectivity index (χ3v) is 5.53. The van der Waals surface area contributed by atoms with Gasteiger partial charge in [-0.15, -0.1) is 0 Å². The molecule has 3 aromatic rings. The fourth-order valence-electron chi connectivity index (χ4n) is 3.81. The van der Waals surface area contributed by atoms with Crippen molar-refractivity contribution >= 4 is 17.5 Å².